The van der Waals surface area contributed by atoms with Gasteiger partial charge in [0.1, 0.15) is 5.82 Å². The lowest BCUT2D eigenvalue weighted by molar-refractivity contribution is 0.602. The second kappa shape index (κ2) is 5.51. The number of thioether (sulfide) groups is 1. The molecule has 0 spiro atoms. The molecular weight excluding hydrogens is 207 g/mol. The normalized spacial score (nSPS) is 10.4. The van der Waals surface area contributed by atoms with Crippen LogP contribution in [0.1, 0.15) is 19.8 Å². The summed E-state index contributed by atoms with van der Waals surface area (Å²) in [6.07, 6.45) is 2.22. The van der Waals surface area contributed by atoms with E-state index in [1.807, 2.05) is 0 Å². The fraction of sp³-hybridized carbons (Fsp3) is 0.400. The highest BCUT2D eigenvalue weighted by molar-refractivity contribution is 7.99. The minimum atomic E-state index is -0.214. The van der Waals surface area contributed by atoms with E-state index in [0.29, 0.717) is 9.92 Å². The van der Waals surface area contributed by atoms with Crippen LogP contribution in [-0.2, 0) is 0 Å². The van der Waals surface area contributed by atoms with Crippen LogP contribution < -0.4 is 0 Å². The molecule has 0 bridgehead atoms. The molecule has 0 radical (unpaired) electrons. The Hall–Kier alpha value is -0.210. The highest BCUT2D eigenvalue weighted by Gasteiger charge is 2.05. The number of unbranched alkanes of at least 4 members (excludes halogenated alkanes) is 1. The Labute approximate surface area is 87.5 Å². The van der Waals surface area contributed by atoms with Gasteiger partial charge in [-0.15, -0.1) is 11.8 Å². The summed E-state index contributed by atoms with van der Waals surface area (Å²) >= 11 is 7.34. The summed E-state index contributed by atoms with van der Waals surface area (Å²) in [6.45, 7) is 2.11. The standard InChI is InChI=1S/C10H12ClFS/c1-2-3-7-13-10-8(11)5-4-6-9(10)12/h4-6H,2-3,7H2,1H3. The van der Waals surface area contributed by atoms with Crippen LogP contribution in [0.2, 0.25) is 5.02 Å². The number of rotatable bonds is 4. The van der Waals surface area contributed by atoms with Crippen molar-refractivity contribution in [1.82, 2.24) is 0 Å². The summed E-state index contributed by atoms with van der Waals surface area (Å²) in [7, 11) is 0. The predicted molar refractivity (Wildman–Crippen MR) is 57.0 cm³/mol. The zero-order valence-electron chi connectivity index (χ0n) is 7.52. The van der Waals surface area contributed by atoms with Crippen molar-refractivity contribution >= 4 is 23.4 Å². The molecule has 0 aliphatic carbocycles. The largest absolute Gasteiger partial charge is 0.206 e. The van der Waals surface area contributed by atoms with E-state index in [1.54, 1.807) is 12.1 Å². The third kappa shape index (κ3) is 3.20. The quantitative estimate of drug-likeness (QED) is 0.534. The molecule has 0 amide bonds. The van der Waals surface area contributed by atoms with Gasteiger partial charge in [-0.05, 0) is 24.3 Å². The lowest BCUT2D eigenvalue weighted by Gasteiger charge is -2.03. The zero-order valence-corrected chi connectivity index (χ0v) is 9.09. The fourth-order valence-electron chi connectivity index (χ4n) is 0.939. The first-order chi connectivity index (χ1) is 6.25. The molecule has 0 aliphatic heterocycles. The van der Waals surface area contributed by atoms with Gasteiger partial charge in [-0.25, -0.2) is 4.39 Å². The molecule has 0 saturated heterocycles. The minimum absolute atomic E-state index is 0.214. The van der Waals surface area contributed by atoms with Crippen LogP contribution in [0.25, 0.3) is 0 Å². The van der Waals surface area contributed by atoms with Crippen LogP contribution >= 0.6 is 23.4 Å². The molecule has 3 heteroatoms. The molecule has 72 valence electrons. The molecule has 1 rings (SSSR count). The van der Waals surface area contributed by atoms with E-state index in [0.717, 1.165) is 18.6 Å². The van der Waals surface area contributed by atoms with Gasteiger partial charge in [0.05, 0.1) is 9.92 Å². The molecule has 0 aliphatic rings. The Kier molecular flexibility index (Phi) is 4.60. The van der Waals surface area contributed by atoms with E-state index >= 15 is 0 Å². The third-order valence-corrected chi connectivity index (χ3v) is 3.29. The monoisotopic (exact) mass is 218 g/mol. The molecule has 0 heterocycles. The van der Waals surface area contributed by atoms with Crippen molar-refractivity contribution in [3.63, 3.8) is 0 Å². The summed E-state index contributed by atoms with van der Waals surface area (Å²) in [5.41, 5.74) is 0. The maximum absolute atomic E-state index is 13.2. The zero-order chi connectivity index (χ0) is 9.68. The summed E-state index contributed by atoms with van der Waals surface area (Å²) in [5.74, 6) is 0.713. The van der Waals surface area contributed by atoms with Crippen LogP contribution in [-0.4, -0.2) is 5.75 Å². The Morgan fingerprint density at radius 2 is 2.23 bits per heavy atom. The summed E-state index contributed by atoms with van der Waals surface area (Å²) in [5, 5.41) is 0.515. The van der Waals surface area contributed by atoms with Crippen molar-refractivity contribution in [1.29, 1.82) is 0 Å². The van der Waals surface area contributed by atoms with Gasteiger partial charge >= 0.3 is 0 Å². The number of hydrogen-bond acceptors (Lipinski definition) is 1. The molecule has 0 nitrogen and oxygen atoms in total. The second-order valence-corrected chi connectivity index (χ2v) is 4.27. The molecule has 0 fully saturated rings. The van der Waals surface area contributed by atoms with E-state index < -0.39 is 0 Å². The Morgan fingerprint density at radius 3 is 2.85 bits per heavy atom. The molecule has 0 atom stereocenters. The highest BCUT2D eigenvalue weighted by Crippen LogP contribution is 2.30. The van der Waals surface area contributed by atoms with Crippen LogP contribution in [0.5, 0.6) is 0 Å². The molecule has 0 aromatic heterocycles. The van der Waals surface area contributed by atoms with Gasteiger partial charge in [0.15, 0.2) is 0 Å². The second-order valence-electron chi connectivity index (χ2n) is 2.75. The molecule has 0 unspecified atom stereocenters. The van der Waals surface area contributed by atoms with Gasteiger partial charge in [0.25, 0.3) is 0 Å². The molecule has 1 aromatic carbocycles. The first-order valence-electron chi connectivity index (χ1n) is 4.32. The van der Waals surface area contributed by atoms with Gasteiger partial charge in [0.2, 0.25) is 0 Å². The topological polar surface area (TPSA) is 0 Å². The van der Waals surface area contributed by atoms with Crippen molar-refractivity contribution in [2.75, 3.05) is 5.75 Å². The lowest BCUT2D eigenvalue weighted by atomic mass is 10.3. The first kappa shape index (κ1) is 10.9. The smallest absolute Gasteiger partial charge is 0.138 e. The van der Waals surface area contributed by atoms with E-state index in [2.05, 4.69) is 6.92 Å². The Bertz CT molecular complexity index is 255. The fourth-order valence-corrected chi connectivity index (χ4v) is 2.31. The van der Waals surface area contributed by atoms with E-state index in [-0.39, 0.29) is 5.82 Å². The molecular formula is C10H12ClFS. The average molecular weight is 219 g/mol. The van der Waals surface area contributed by atoms with Gasteiger partial charge in [-0.1, -0.05) is 31.0 Å². The van der Waals surface area contributed by atoms with Gasteiger partial charge in [0, 0.05) is 0 Å². The molecule has 13 heavy (non-hydrogen) atoms. The van der Waals surface area contributed by atoms with E-state index in [1.165, 1.54) is 17.8 Å². The summed E-state index contributed by atoms with van der Waals surface area (Å²) < 4.78 is 13.2. The van der Waals surface area contributed by atoms with Crippen LogP contribution in [0.3, 0.4) is 0 Å². The molecule has 0 saturated carbocycles. The molecule has 0 N–H and O–H groups in total. The maximum Gasteiger partial charge on any atom is 0.138 e. The third-order valence-electron chi connectivity index (χ3n) is 1.66. The predicted octanol–water partition coefficient (Wildman–Crippen LogP) is 4.37. The lowest BCUT2D eigenvalue weighted by Crippen LogP contribution is -1.84. The van der Waals surface area contributed by atoms with Gasteiger partial charge in [-0.2, -0.15) is 0 Å². The average Bonchev–Trinajstić information content (AvgIpc) is 2.10. The van der Waals surface area contributed by atoms with Gasteiger partial charge in [-0.3, -0.25) is 0 Å². The van der Waals surface area contributed by atoms with Crippen molar-refractivity contribution in [3.8, 4) is 0 Å². The number of halogens is 2. The minimum Gasteiger partial charge on any atom is -0.206 e. The number of benzene rings is 1. The van der Waals surface area contributed by atoms with Crippen molar-refractivity contribution in [2.24, 2.45) is 0 Å². The molecule has 1 aromatic rings. The Balaban J connectivity index is 2.64. The van der Waals surface area contributed by atoms with Crippen LogP contribution in [0.4, 0.5) is 4.39 Å². The summed E-state index contributed by atoms with van der Waals surface area (Å²) in [6, 6.07) is 4.79. The van der Waals surface area contributed by atoms with Crippen LogP contribution in [0, 0.1) is 5.82 Å². The maximum atomic E-state index is 13.2. The van der Waals surface area contributed by atoms with Crippen molar-refractivity contribution < 1.29 is 4.39 Å². The van der Waals surface area contributed by atoms with E-state index in [4.69, 9.17) is 11.6 Å². The van der Waals surface area contributed by atoms with Crippen molar-refractivity contribution in [3.05, 3.63) is 29.0 Å². The SMILES string of the molecule is CCCCSc1c(F)cccc1Cl. The first-order valence-corrected chi connectivity index (χ1v) is 5.69. The Morgan fingerprint density at radius 1 is 1.46 bits per heavy atom. The summed E-state index contributed by atoms with van der Waals surface area (Å²) in [4.78, 5) is 0.581. The van der Waals surface area contributed by atoms with E-state index in [9.17, 15) is 4.39 Å². The van der Waals surface area contributed by atoms with Gasteiger partial charge < -0.3 is 0 Å². The number of hydrogen-bond donors (Lipinski definition) is 0. The van der Waals surface area contributed by atoms with Crippen LogP contribution in [0.15, 0.2) is 23.1 Å². The van der Waals surface area contributed by atoms with Crippen molar-refractivity contribution in [2.45, 2.75) is 24.7 Å². The highest BCUT2D eigenvalue weighted by atomic mass is 35.5.